The molecule has 1 aromatic carbocycles. The molecule has 158 valence electrons. The zero-order chi connectivity index (χ0) is 21.1. The average Bonchev–Trinajstić information content (AvgIpc) is 3.22. The summed E-state index contributed by atoms with van der Waals surface area (Å²) in [7, 11) is 0. The number of likely N-dealkylation sites (tertiary alicyclic amines) is 1. The summed E-state index contributed by atoms with van der Waals surface area (Å²) in [6.45, 7) is 1.16. The van der Waals surface area contributed by atoms with Gasteiger partial charge in [0.1, 0.15) is 12.1 Å². The Labute approximate surface area is 169 Å². The van der Waals surface area contributed by atoms with E-state index in [9.17, 15) is 18.0 Å². The highest BCUT2D eigenvalue weighted by Gasteiger charge is 2.30. The Balaban J connectivity index is 1.33. The summed E-state index contributed by atoms with van der Waals surface area (Å²) in [6, 6.07) is 4.66. The van der Waals surface area contributed by atoms with Crippen LogP contribution in [0.25, 0.3) is 11.0 Å². The topological polar surface area (TPSA) is 98.8 Å². The monoisotopic (exact) mass is 419 g/mol. The molecule has 3 N–H and O–H groups in total. The molecule has 1 atom stereocenters. The normalized spacial score (nSPS) is 17.2. The first-order valence-electron chi connectivity index (χ1n) is 9.49. The molecule has 30 heavy (non-hydrogen) atoms. The first-order chi connectivity index (χ1) is 14.4. The van der Waals surface area contributed by atoms with Crippen LogP contribution in [-0.4, -0.2) is 56.6 Å². The molecule has 1 saturated heterocycles. The number of fused-ring (bicyclic) bond motifs is 1. The summed E-state index contributed by atoms with van der Waals surface area (Å²) in [6.07, 6.45) is 0.443. The van der Waals surface area contributed by atoms with Gasteiger partial charge in [-0.1, -0.05) is 0 Å². The summed E-state index contributed by atoms with van der Waals surface area (Å²) >= 11 is 0. The first kappa shape index (κ1) is 19.9. The van der Waals surface area contributed by atoms with E-state index in [0.29, 0.717) is 30.2 Å². The minimum absolute atomic E-state index is 0.0115. The van der Waals surface area contributed by atoms with E-state index >= 15 is 0 Å². The van der Waals surface area contributed by atoms with Gasteiger partial charge in [-0.05, 0) is 37.1 Å². The smallest absolute Gasteiger partial charge is 0.376 e. The van der Waals surface area contributed by atoms with Gasteiger partial charge in [0.15, 0.2) is 5.65 Å². The number of anilines is 2. The van der Waals surface area contributed by atoms with Crippen LogP contribution in [0.1, 0.15) is 18.4 Å². The molecule has 3 aromatic rings. The number of H-pyrrole nitrogens is 1. The van der Waals surface area contributed by atoms with E-state index in [-0.39, 0.29) is 18.5 Å². The number of halogens is 3. The average molecular weight is 419 g/mol. The van der Waals surface area contributed by atoms with Crippen LogP contribution in [0.15, 0.2) is 36.8 Å². The fourth-order valence-electron chi connectivity index (χ4n) is 3.46. The summed E-state index contributed by atoms with van der Waals surface area (Å²) < 4.78 is 37.9. The Bertz CT molecular complexity index is 1020. The molecule has 8 nitrogen and oxygen atoms in total. The van der Waals surface area contributed by atoms with E-state index < -0.39 is 11.7 Å². The van der Waals surface area contributed by atoms with Crippen molar-refractivity contribution < 1.29 is 18.0 Å². The van der Waals surface area contributed by atoms with Crippen LogP contribution < -0.4 is 10.6 Å². The zero-order valence-corrected chi connectivity index (χ0v) is 15.9. The number of alkyl halides is 3. The number of benzene rings is 1. The van der Waals surface area contributed by atoms with Crippen LogP contribution in [0.3, 0.4) is 0 Å². The summed E-state index contributed by atoms with van der Waals surface area (Å²) in [5.74, 6) is 0.550. The predicted molar refractivity (Wildman–Crippen MR) is 105 cm³/mol. The van der Waals surface area contributed by atoms with Crippen molar-refractivity contribution in [2.75, 3.05) is 30.3 Å². The van der Waals surface area contributed by atoms with Crippen molar-refractivity contribution >= 4 is 28.4 Å². The molecule has 3 heterocycles. The fraction of sp³-hybridized carbons (Fsp3) is 0.368. The molecular formula is C19H20F3N7O. The number of rotatable bonds is 5. The number of carbonyl (C=O) groups is 1. The molecule has 11 heteroatoms. The van der Waals surface area contributed by atoms with Crippen molar-refractivity contribution in [3.63, 3.8) is 0 Å². The maximum Gasteiger partial charge on any atom is 0.416 e. The second-order valence-electron chi connectivity index (χ2n) is 7.11. The van der Waals surface area contributed by atoms with Crippen LogP contribution >= 0.6 is 0 Å². The number of nitrogens with zero attached hydrogens (tertiary/aromatic N) is 4. The predicted octanol–water partition coefficient (Wildman–Crippen LogP) is 2.89. The van der Waals surface area contributed by atoms with E-state index in [0.717, 1.165) is 30.4 Å². The molecule has 1 aliphatic rings. The summed E-state index contributed by atoms with van der Waals surface area (Å²) in [5, 5.41) is 13.8. The van der Waals surface area contributed by atoms with Gasteiger partial charge in [0.25, 0.3) is 0 Å². The number of aromatic nitrogens is 4. The van der Waals surface area contributed by atoms with Crippen molar-refractivity contribution in [3.05, 3.63) is 42.4 Å². The third kappa shape index (κ3) is 4.44. The highest BCUT2D eigenvalue weighted by Crippen LogP contribution is 2.29. The Morgan fingerprint density at radius 2 is 2.03 bits per heavy atom. The fourth-order valence-corrected chi connectivity index (χ4v) is 3.46. The van der Waals surface area contributed by atoms with Gasteiger partial charge in [-0.15, -0.1) is 0 Å². The number of hydrogen-bond acceptors (Lipinski definition) is 6. The molecule has 0 radical (unpaired) electrons. The Hall–Kier alpha value is -3.37. The summed E-state index contributed by atoms with van der Waals surface area (Å²) in [5.41, 5.74) is 0.379. The number of aromatic amines is 1. The van der Waals surface area contributed by atoms with E-state index in [1.54, 1.807) is 11.1 Å². The van der Waals surface area contributed by atoms with Crippen LogP contribution in [0.4, 0.5) is 24.7 Å². The first-order valence-corrected chi connectivity index (χ1v) is 9.49. The lowest BCUT2D eigenvalue weighted by Gasteiger charge is -2.33. The number of piperidine rings is 1. The van der Waals surface area contributed by atoms with Crippen LogP contribution in [0.5, 0.6) is 0 Å². The van der Waals surface area contributed by atoms with Gasteiger partial charge in [0.2, 0.25) is 5.91 Å². The highest BCUT2D eigenvalue weighted by atomic mass is 19.4. The molecule has 1 fully saturated rings. The standard InChI is InChI=1S/C19H20F3N7O/c20-19(21,22)12-3-5-13(6-4-12)23-9-16(30)29-7-1-2-14(10-29)27-17-15-8-26-28-18(15)25-11-24-17/h3-6,8,11,14,23H,1-2,7,9-10H2,(H2,24,25,26,27,28)/t14-/m0/s1. The van der Waals surface area contributed by atoms with Gasteiger partial charge in [-0.2, -0.15) is 18.3 Å². The molecule has 0 aliphatic carbocycles. The molecular weight excluding hydrogens is 399 g/mol. The zero-order valence-electron chi connectivity index (χ0n) is 15.9. The second kappa shape index (κ2) is 8.17. The molecule has 0 saturated carbocycles. The molecule has 2 aromatic heterocycles. The van der Waals surface area contributed by atoms with Crippen molar-refractivity contribution in [1.82, 2.24) is 25.1 Å². The molecule has 1 amide bonds. The molecule has 1 aliphatic heterocycles. The number of hydrogen-bond donors (Lipinski definition) is 3. The third-order valence-electron chi connectivity index (χ3n) is 5.02. The lowest BCUT2D eigenvalue weighted by molar-refractivity contribution is -0.137. The number of nitrogens with one attached hydrogen (secondary N) is 3. The Morgan fingerprint density at radius 1 is 1.23 bits per heavy atom. The largest absolute Gasteiger partial charge is 0.416 e. The maximum atomic E-state index is 12.6. The molecule has 0 unspecified atom stereocenters. The molecule has 4 rings (SSSR count). The van der Waals surface area contributed by atoms with Gasteiger partial charge in [-0.3, -0.25) is 9.89 Å². The SMILES string of the molecule is O=C(CNc1ccc(C(F)(F)F)cc1)N1CCC[C@H](Nc2ncnc3[nH]ncc23)C1. The van der Waals surface area contributed by atoms with Crippen LogP contribution in [0.2, 0.25) is 0 Å². The maximum absolute atomic E-state index is 12.6. The van der Waals surface area contributed by atoms with Crippen molar-refractivity contribution in [2.45, 2.75) is 25.1 Å². The number of amides is 1. The van der Waals surface area contributed by atoms with Gasteiger partial charge in [0, 0.05) is 24.8 Å². The third-order valence-corrected chi connectivity index (χ3v) is 5.02. The van der Waals surface area contributed by atoms with E-state index in [2.05, 4.69) is 30.8 Å². The van der Waals surface area contributed by atoms with Crippen molar-refractivity contribution in [1.29, 1.82) is 0 Å². The van der Waals surface area contributed by atoms with Gasteiger partial charge >= 0.3 is 6.18 Å². The summed E-state index contributed by atoms with van der Waals surface area (Å²) in [4.78, 5) is 22.7. The molecule has 0 bridgehead atoms. The molecule has 0 spiro atoms. The van der Waals surface area contributed by atoms with E-state index in [4.69, 9.17) is 0 Å². The lowest BCUT2D eigenvalue weighted by atomic mass is 10.1. The van der Waals surface area contributed by atoms with Gasteiger partial charge < -0.3 is 15.5 Å². The van der Waals surface area contributed by atoms with Crippen LogP contribution in [0, 0.1) is 0 Å². The minimum atomic E-state index is -4.38. The van der Waals surface area contributed by atoms with Crippen LogP contribution in [-0.2, 0) is 11.0 Å². The van der Waals surface area contributed by atoms with Gasteiger partial charge in [-0.25, -0.2) is 9.97 Å². The highest BCUT2D eigenvalue weighted by molar-refractivity contribution is 5.85. The van der Waals surface area contributed by atoms with Gasteiger partial charge in [0.05, 0.1) is 23.7 Å². The van der Waals surface area contributed by atoms with Crippen molar-refractivity contribution in [2.24, 2.45) is 0 Å². The van der Waals surface area contributed by atoms with E-state index in [1.807, 2.05) is 0 Å². The second-order valence-corrected chi connectivity index (χ2v) is 7.11. The Kier molecular flexibility index (Phi) is 5.42. The lowest BCUT2D eigenvalue weighted by Crippen LogP contribution is -2.47. The number of carbonyl (C=O) groups excluding carboxylic acids is 1. The Morgan fingerprint density at radius 3 is 2.80 bits per heavy atom. The quantitative estimate of drug-likeness (QED) is 0.588. The van der Waals surface area contributed by atoms with E-state index in [1.165, 1.54) is 18.5 Å². The minimum Gasteiger partial charge on any atom is -0.376 e. The van der Waals surface area contributed by atoms with Crippen molar-refractivity contribution in [3.8, 4) is 0 Å².